The van der Waals surface area contributed by atoms with Gasteiger partial charge in [0.25, 0.3) is 5.91 Å². The number of aryl methyl sites for hydroxylation is 1. The predicted molar refractivity (Wildman–Crippen MR) is 75.3 cm³/mol. The van der Waals surface area contributed by atoms with Crippen molar-refractivity contribution in [3.05, 3.63) is 43.0 Å². The highest BCUT2D eigenvalue weighted by atomic mass is 16.5. The van der Waals surface area contributed by atoms with Gasteiger partial charge in [0, 0.05) is 24.2 Å². The van der Waals surface area contributed by atoms with E-state index in [1.807, 2.05) is 42.1 Å². The minimum atomic E-state index is -0.493. The van der Waals surface area contributed by atoms with Gasteiger partial charge in [-0.25, -0.2) is 0 Å². The maximum Gasteiger partial charge on any atom is 0.255 e. The second-order valence-electron chi connectivity index (χ2n) is 4.60. The average Bonchev–Trinajstić information content (AvgIpc) is 3.05. The SMILES string of the molecule is Cn1cc(OCC(N)=O)c2cc(-c3ccoc3)ccc21. The Balaban J connectivity index is 2.07. The third kappa shape index (κ3) is 2.14. The van der Waals surface area contributed by atoms with Crippen LogP contribution in [0.25, 0.3) is 22.0 Å². The van der Waals surface area contributed by atoms with E-state index in [4.69, 9.17) is 14.9 Å². The fraction of sp³-hybridized carbons (Fsp3) is 0.133. The summed E-state index contributed by atoms with van der Waals surface area (Å²) in [5, 5.41) is 0.937. The highest BCUT2D eigenvalue weighted by Gasteiger charge is 2.10. The van der Waals surface area contributed by atoms with Crippen LogP contribution >= 0.6 is 0 Å². The normalized spacial score (nSPS) is 10.8. The van der Waals surface area contributed by atoms with Gasteiger partial charge in [0.15, 0.2) is 6.61 Å². The highest BCUT2D eigenvalue weighted by Crippen LogP contribution is 2.32. The van der Waals surface area contributed by atoms with Crippen molar-refractivity contribution >= 4 is 16.8 Å². The molecule has 0 radical (unpaired) electrons. The number of nitrogens with zero attached hydrogens (tertiary/aromatic N) is 1. The number of benzene rings is 1. The van der Waals surface area contributed by atoms with Crippen LogP contribution in [0, 0.1) is 0 Å². The van der Waals surface area contributed by atoms with Crippen LogP contribution in [-0.4, -0.2) is 17.1 Å². The predicted octanol–water partition coefficient (Wildman–Crippen LogP) is 2.30. The Morgan fingerprint density at radius 1 is 1.35 bits per heavy atom. The van der Waals surface area contributed by atoms with E-state index < -0.39 is 5.91 Å². The van der Waals surface area contributed by atoms with Crippen LogP contribution in [0.2, 0.25) is 0 Å². The van der Waals surface area contributed by atoms with Crippen molar-refractivity contribution in [2.75, 3.05) is 6.61 Å². The number of nitrogens with two attached hydrogens (primary N) is 1. The fourth-order valence-electron chi connectivity index (χ4n) is 2.23. The molecular formula is C15H14N2O3. The minimum absolute atomic E-state index is 0.130. The molecule has 0 aliphatic carbocycles. The Hall–Kier alpha value is -2.69. The van der Waals surface area contributed by atoms with Crippen LogP contribution in [0.3, 0.4) is 0 Å². The van der Waals surface area contributed by atoms with Gasteiger partial charge in [-0.05, 0) is 23.8 Å². The maximum absolute atomic E-state index is 10.8. The molecule has 5 nitrogen and oxygen atoms in total. The van der Waals surface area contributed by atoms with Crippen LogP contribution in [0.5, 0.6) is 5.75 Å². The van der Waals surface area contributed by atoms with Gasteiger partial charge in [0.2, 0.25) is 0 Å². The van der Waals surface area contributed by atoms with E-state index in [-0.39, 0.29) is 6.61 Å². The zero-order chi connectivity index (χ0) is 14.1. The number of hydrogen-bond donors (Lipinski definition) is 1. The number of amides is 1. The number of aromatic nitrogens is 1. The molecule has 0 unspecified atom stereocenters. The first-order chi connectivity index (χ1) is 9.65. The van der Waals surface area contributed by atoms with Gasteiger partial charge in [-0.1, -0.05) is 6.07 Å². The van der Waals surface area contributed by atoms with Crippen molar-refractivity contribution in [1.29, 1.82) is 0 Å². The lowest BCUT2D eigenvalue weighted by atomic mass is 10.1. The van der Waals surface area contributed by atoms with Crippen LogP contribution in [-0.2, 0) is 11.8 Å². The molecule has 2 heterocycles. The molecule has 1 amide bonds. The fourth-order valence-corrected chi connectivity index (χ4v) is 2.23. The molecule has 3 aromatic rings. The minimum Gasteiger partial charge on any atom is -0.482 e. The zero-order valence-corrected chi connectivity index (χ0v) is 11.0. The molecule has 3 rings (SSSR count). The Morgan fingerprint density at radius 2 is 2.20 bits per heavy atom. The summed E-state index contributed by atoms with van der Waals surface area (Å²) in [6.45, 7) is -0.130. The van der Waals surface area contributed by atoms with Gasteiger partial charge in [-0.15, -0.1) is 0 Å². The molecule has 1 aromatic carbocycles. The summed E-state index contributed by atoms with van der Waals surface area (Å²) >= 11 is 0. The van der Waals surface area contributed by atoms with Crippen molar-refractivity contribution in [3.8, 4) is 16.9 Å². The number of primary amides is 1. The quantitative estimate of drug-likeness (QED) is 0.790. The molecule has 0 spiro atoms. The molecule has 0 bridgehead atoms. The lowest BCUT2D eigenvalue weighted by Crippen LogP contribution is -2.19. The molecule has 102 valence electrons. The van der Waals surface area contributed by atoms with Crippen molar-refractivity contribution in [2.45, 2.75) is 0 Å². The number of carbonyl (C=O) groups is 1. The van der Waals surface area contributed by atoms with Gasteiger partial charge >= 0.3 is 0 Å². The molecule has 2 aromatic heterocycles. The first-order valence-corrected chi connectivity index (χ1v) is 6.18. The van der Waals surface area contributed by atoms with Gasteiger partial charge in [-0.2, -0.15) is 0 Å². The summed E-state index contributed by atoms with van der Waals surface area (Å²) in [7, 11) is 1.93. The monoisotopic (exact) mass is 270 g/mol. The van der Waals surface area contributed by atoms with Crippen molar-refractivity contribution < 1.29 is 13.9 Å². The Bertz CT molecular complexity index is 757. The van der Waals surface area contributed by atoms with Gasteiger partial charge in [0.1, 0.15) is 5.75 Å². The Labute approximate surface area is 115 Å². The summed E-state index contributed by atoms with van der Waals surface area (Å²) in [5.41, 5.74) is 8.17. The van der Waals surface area contributed by atoms with Crippen molar-refractivity contribution in [2.24, 2.45) is 12.8 Å². The number of furan rings is 1. The third-order valence-corrected chi connectivity index (χ3v) is 3.18. The summed E-state index contributed by atoms with van der Waals surface area (Å²) in [6, 6.07) is 7.93. The topological polar surface area (TPSA) is 70.4 Å². The Morgan fingerprint density at radius 3 is 2.90 bits per heavy atom. The van der Waals surface area contributed by atoms with Crippen molar-refractivity contribution in [3.63, 3.8) is 0 Å². The van der Waals surface area contributed by atoms with E-state index in [0.29, 0.717) is 5.75 Å². The lowest BCUT2D eigenvalue weighted by molar-refractivity contribution is -0.119. The van der Waals surface area contributed by atoms with Gasteiger partial charge in [-0.3, -0.25) is 4.79 Å². The van der Waals surface area contributed by atoms with Crippen LogP contribution in [0.15, 0.2) is 47.4 Å². The summed E-state index contributed by atoms with van der Waals surface area (Å²) < 4.78 is 12.5. The molecule has 0 saturated carbocycles. The number of rotatable bonds is 4. The molecular weight excluding hydrogens is 256 g/mol. The number of carbonyl (C=O) groups excluding carboxylic acids is 1. The summed E-state index contributed by atoms with van der Waals surface area (Å²) in [4.78, 5) is 10.8. The third-order valence-electron chi connectivity index (χ3n) is 3.18. The van der Waals surface area contributed by atoms with Crippen LogP contribution in [0.1, 0.15) is 0 Å². The van der Waals surface area contributed by atoms with E-state index >= 15 is 0 Å². The second-order valence-corrected chi connectivity index (χ2v) is 4.60. The smallest absolute Gasteiger partial charge is 0.255 e. The largest absolute Gasteiger partial charge is 0.482 e. The molecule has 0 atom stereocenters. The van der Waals surface area contributed by atoms with E-state index in [1.165, 1.54) is 0 Å². The van der Waals surface area contributed by atoms with E-state index in [1.54, 1.807) is 12.5 Å². The summed E-state index contributed by atoms with van der Waals surface area (Å²) in [6.07, 6.45) is 5.16. The van der Waals surface area contributed by atoms with Crippen LogP contribution < -0.4 is 10.5 Å². The molecule has 0 fully saturated rings. The number of ether oxygens (including phenoxy) is 1. The second kappa shape index (κ2) is 4.77. The molecule has 5 heteroatoms. The van der Waals surface area contributed by atoms with Crippen LogP contribution in [0.4, 0.5) is 0 Å². The molecule has 0 aliphatic heterocycles. The van der Waals surface area contributed by atoms with E-state index in [0.717, 1.165) is 22.0 Å². The summed E-state index contributed by atoms with van der Waals surface area (Å²) in [5.74, 6) is 0.152. The standard InChI is InChI=1S/C15H14N2O3/c1-17-7-14(20-9-15(16)18)12-6-10(2-3-13(12)17)11-4-5-19-8-11/h2-8H,9H2,1H3,(H2,16,18). The first kappa shape index (κ1) is 12.3. The first-order valence-electron chi connectivity index (χ1n) is 6.18. The number of fused-ring (bicyclic) bond motifs is 1. The number of hydrogen-bond acceptors (Lipinski definition) is 3. The highest BCUT2D eigenvalue weighted by molar-refractivity contribution is 5.91. The Kier molecular flexibility index (Phi) is 2.95. The lowest BCUT2D eigenvalue weighted by Gasteiger charge is -2.03. The van der Waals surface area contributed by atoms with E-state index in [2.05, 4.69) is 0 Å². The maximum atomic E-state index is 10.8. The average molecular weight is 270 g/mol. The van der Waals surface area contributed by atoms with E-state index in [9.17, 15) is 4.79 Å². The molecule has 2 N–H and O–H groups in total. The zero-order valence-electron chi connectivity index (χ0n) is 11.0. The van der Waals surface area contributed by atoms with Gasteiger partial charge in [0.05, 0.1) is 18.0 Å². The van der Waals surface area contributed by atoms with Gasteiger partial charge < -0.3 is 19.5 Å². The molecule has 0 saturated heterocycles. The molecule has 20 heavy (non-hydrogen) atoms. The molecule has 0 aliphatic rings. The van der Waals surface area contributed by atoms with Crippen molar-refractivity contribution in [1.82, 2.24) is 4.57 Å².